The number of nitrogens with zero attached hydrogens (tertiary/aromatic N) is 1. The van der Waals surface area contributed by atoms with Crippen LogP contribution in [0.3, 0.4) is 0 Å². The Morgan fingerprint density at radius 2 is 1.78 bits per heavy atom. The highest BCUT2D eigenvalue weighted by Gasteiger charge is 2.16. The van der Waals surface area contributed by atoms with Crippen molar-refractivity contribution in [3.63, 3.8) is 0 Å². The van der Waals surface area contributed by atoms with Crippen molar-refractivity contribution in [1.29, 1.82) is 0 Å². The third-order valence-electron chi connectivity index (χ3n) is 3.26. The second kappa shape index (κ2) is 9.89. The van der Waals surface area contributed by atoms with Crippen molar-refractivity contribution >= 4 is 5.91 Å². The minimum Gasteiger partial charge on any atom is -0.335 e. The molecule has 0 aromatic heterocycles. The van der Waals surface area contributed by atoms with Crippen molar-refractivity contribution in [3.05, 3.63) is 25.3 Å². The van der Waals surface area contributed by atoms with E-state index in [-0.39, 0.29) is 5.91 Å². The van der Waals surface area contributed by atoms with Gasteiger partial charge < -0.3 is 10.6 Å². The molecule has 0 spiro atoms. The molecular weight excluding hydrogens is 224 g/mol. The molecule has 2 N–H and O–H groups in total. The minimum atomic E-state index is 0.178. The number of hydrogen-bond acceptors (Lipinski definition) is 2. The van der Waals surface area contributed by atoms with Gasteiger partial charge in [0.15, 0.2) is 0 Å². The number of carbonyl (C=O) groups excluding carboxylic acids is 1. The Morgan fingerprint density at radius 1 is 1.22 bits per heavy atom. The summed E-state index contributed by atoms with van der Waals surface area (Å²) >= 11 is 0. The lowest BCUT2D eigenvalue weighted by atomic mass is 9.88. The molecule has 18 heavy (non-hydrogen) atoms. The van der Waals surface area contributed by atoms with Crippen LogP contribution < -0.4 is 5.73 Å². The highest BCUT2D eigenvalue weighted by molar-refractivity contribution is 5.76. The van der Waals surface area contributed by atoms with Crippen LogP contribution >= 0.6 is 0 Å². The van der Waals surface area contributed by atoms with Crippen LogP contribution in [0.2, 0.25) is 0 Å². The van der Waals surface area contributed by atoms with E-state index in [2.05, 4.69) is 27.0 Å². The Labute approximate surface area is 112 Å². The van der Waals surface area contributed by atoms with Gasteiger partial charge in [0, 0.05) is 19.5 Å². The highest BCUT2D eigenvalue weighted by Crippen LogP contribution is 2.20. The highest BCUT2D eigenvalue weighted by atomic mass is 16.2. The second-order valence-electron chi connectivity index (χ2n) is 5.00. The molecule has 1 amide bonds. The molecule has 0 aromatic carbocycles. The molecule has 3 nitrogen and oxygen atoms in total. The average Bonchev–Trinajstić information content (AvgIpc) is 2.33. The molecular formula is C15H28N2O. The van der Waals surface area contributed by atoms with Crippen molar-refractivity contribution in [2.45, 2.75) is 33.1 Å². The molecule has 0 radical (unpaired) electrons. The fraction of sp³-hybridized carbons (Fsp3) is 0.667. The van der Waals surface area contributed by atoms with Crippen molar-refractivity contribution in [1.82, 2.24) is 4.90 Å². The van der Waals surface area contributed by atoms with Crippen LogP contribution in [0.5, 0.6) is 0 Å². The smallest absolute Gasteiger partial charge is 0.223 e. The van der Waals surface area contributed by atoms with Gasteiger partial charge in [-0.05, 0) is 31.2 Å². The number of rotatable bonds is 10. The maximum absolute atomic E-state index is 12.1. The Balaban J connectivity index is 4.25. The Morgan fingerprint density at radius 3 is 2.17 bits per heavy atom. The maximum atomic E-state index is 12.1. The third-order valence-corrected chi connectivity index (χ3v) is 3.26. The van der Waals surface area contributed by atoms with Crippen LogP contribution in [0, 0.1) is 11.8 Å². The van der Waals surface area contributed by atoms with E-state index in [4.69, 9.17) is 5.73 Å². The van der Waals surface area contributed by atoms with Gasteiger partial charge in [-0.25, -0.2) is 0 Å². The van der Waals surface area contributed by atoms with E-state index in [9.17, 15) is 4.79 Å². The largest absolute Gasteiger partial charge is 0.335 e. The molecule has 0 aliphatic heterocycles. The summed E-state index contributed by atoms with van der Waals surface area (Å²) in [5.74, 6) is 1.29. The molecule has 1 unspecified atom stereocenters. The zero-order valence-corrected chi connectivity index (χ0v) is 11.9. The number of nitrogens with two attached hydrogens (primary N) is 1. The molecule has 0 rings (SSSR count). The summed E-state index contributed by atoms with van der Waals surface area (Å²) in [6.45, 7) is 13.6. The van der Waals surface area contributed by atoms with E-state index in [1.807, 2.05) is 0 Å². The van der Waals surface area contributed by atoms with Crippen molar-refractivity contribution < 1.29 is 4.79 Å². The van der Waals surface area contributed by atoms with Gasteiger partial charge in [0.2, 0.25) is 5.91 Å². The number of carbonyl (C=O) groups is 1. The van der Waals surface area contributed by atoms with Crippen molar-refractivity contribution in [2.24, 2.45) is 17.6 Å². The van der Waals surface area contributed by atoms with E-state index < -0.39 is 0 Å². The lowest BCUT2D eigenvalue weighted by Crippen LogP contribution is -2.31. The maximum Gasteiger partial charge on any atom is 0.223 e. The van der Waals surface area contributed by atoms with Gasteiger partial charge in [-0.1, -0.05) is 26.0 Å². The van der Waals surface area contributed by atoms with Gasteiger partial charge in [-0.3, -0.25) is 4.79 Å². The first-order valence-corrected chi connectivity index (χ1v) is 6.76. The van der Waals surface area contributed by atoms with E-state index in [1.165, 1.54) is 0 Å². The van der Waals surface area contributed by atoms with Crippen LogP contribution in [-0.4, -0.2) is 30.4 Å². The van der Waals surface area contributed by atoms with E-state index in [1.54, 1.807) is 17.1 Å². The van der Waals surface area contributed by atoms with Gasteiger partial charge in [0.25, 0.3) is 0 Å². The summed E-state index contributed by atoms with van der Waals surface area (Å²) in [6.07, 6.45) is 6.00. The van der Waals surface area contributed by atoms with E-state index >= 15 is 0 Å². The van der Waals surface area contributed by atoms with E-state index in [0.29, 0.717) is 37.9 Å². The fourth-order valence-corrected chi connectivity index (χ4v) is 2.08. The van der Waals surface area contributed by atoms with Gasteiger partial charge in [-0.2, -0.15) is 0 Å². The van der Waals surface area contributed by atoms with Crippen LogP contribution in [0.1, 0.15) is 33.1 Å². The topological polar surface area (TPSA) is 46.3 Å². The quantitative estimate of drug-likeness (QED) is 0.607. The fourth-order valence-electron chi connectivity index (χ4n) is 2.08. The zero-order chi connectivity index (χ0) is 14.0. The Hall–Kier alpha value is -1.09. The van der Waals surface area contributed by atoms with Crippen molar-refractivity contribution in [2.75, 3.05) is 19.6 Å². The first-order chi connectivity index (χ1) is 8.56. The predicted molar refractivity (Wildman–Crippen MR) is 78.2 cm³/mol. The molecule has 0 saturated carbocycles. The molecule has 3 heteroatoms. The standard InChI is InChI=1S/C15H28N2O/c1-5-11-17(12-6-2)15(18)8-7-14(9-10-16)13(3)4/h5-6,13-14H,1-2,7-12,16H2,3-4H3. The first-order valence-electron chi connectivity index (χ1n) is 6.76. The van der Waals surface area contributed by atoms with Gasteiger partial charge in [0.1, 0.15) is 0 Å². The van der Waals surface area contributed by atoms with Crippen molar-refractivity contribution in [3.8, 4) is 0 Å². The first kappa shape index (κ1) is 16.9. The molecule has 1 atom stereocenters. The van der Waals surface area contributed by atoms with E-state index in [0.717, 1.165) is 12.8 Å². The second-order valence-corrected chi connectivity index (χ2v) is 5.00. The molecule has 0 bridgehead atoms. The Kier molecular flexibility index (Phi) is 9.29. The minimum absolute atomic E-state index is 0.178. The Bertz CT molecular complexity index is 251. The zero-order valence-electron chi connectivity index (χ0n) is 11.9. The molecule has 0 aromatic rings. The van der Waals surface area contributed by atoms with Gasteiger partial charge in [-0.15, -0.1) is 13.2 Å². The summed E-state index contributed by atoms with van der Waals surface area (Å²) < 4.78 is 0. The number of hydrogen-bond donors (Lipinski definition) is 1. The third kappa shape index (κ3) is 6.60. The van der Waals surface area contributed by atoms with Crippen LogP contribution in [0.15, 0.2) is 25.3 Å². The lowest BCUT2D eigenvalue weighted by Gasteiger charge is -2.23. The molecule has 0 saturated heterocycles. The number of amides is 1. The molecule has 104 valence electrons. The van der Waals surface area contributed by atoms with Crippen LogP contribution in [-0.2, 0) is 4.79 Å². The normalized spacial score (nSPS) is 12.2. The predicted octanol–water partition coefficient (Wildman–Crippen LogP) is 2.59. The molecule has 0 fully saturated rings. The molecule has 0 heterocycles. The summed E-state index contributed by atoms with van der Waals surface area (Å²) in [4.78, 5) is 13.8. The summed E-state index contributed by atoms with van der Waals surface area (Å²) in [5.41, 5.74) is 5.61. The summed E-state index contributed by atoms with van der Waals surface area (Å²) in [6, 6.07) is 0. The lowest BCUT2D eigenvalue weighted by molar-refractivity contribution is -0.130. The monoisotopic (exact) mass is 252 g/mol. The van der Waals surface area contributed by atoms with Gasteiger partial charge >= 0.3 is 0 Å². The SMILES string of the molecule is C=CCN(CC=C)C(=O)CCC(CCN)C(C)C. The van der Waals surface area contributed by atoms with Crippen LogP contribution in [0.25, 0.3) is 0 Å². The summed E-state index contributed by atoms with van der Waals surface area (Å²) in [5, 5.41) is 0. The summed E-state index contributed by atoms with van der Waals surface area (Å²) in [7, 11) is 0. The molecule has 0 aliphatic carbocycles. The average molecular weight is 252 g/mol. The van der Waals surface area contributed by atoms with Gasteiger partial charge in [0.05, 0.1) is 0 Å². The molecule has 0 aliphatic rings. The van der Waals surface area contributed by atoms with Crippen LogP contribution in [0.4, 0.5) is 0 Å².